The van der Waals surface area contributed by atoms with Gasteiger partial charge in [-0.15, -0.1) is 0 Å². The number of aryl methyl sites for hydroxylation is 1. The number of rotatable bonds is 8. The van der Waals surface area contributed by atoms with Crippen LogP contribution in [0, 0.1) is 11.3 Å². The highest BCUT2D eigenvalue weighted by Crippen LogP contribution is 2.30. The number of pyridine rings is 1. The summed E-state index contributed by atoms with van der Waals surface area (Å²) in [6.07, 6.45) is 9.79. The number of carbonyl (C=O) groups excluding carboxylic acids is 1. The van der Waals surface area contributed by atoms with E-state index in [1.54, 1.807) is 22.0 Å². The Morgan fingerprint density at radius 1 is 1.05 bits per heavy atom. The SMILES string of the molecule is Cn1cc(-c2ccc(N(C(=O)NCc3ccccc3)[C@H]3CC[C@H](Nc4ncc(C#N)c(N5CC(O)C5)n4)CC3)nc2)cn1. The lowest BCUT2D eigenvalue weighted by Crippen LogP contribution is -2.51. The highest BCUT2D eigenvalue weighted by atomic mass is 16.3. The average molecular weight is 579 g/mol. The van der Waals surface area contributed by atoms with Crippen LogP contribution in [0.1, 0.15) is 36.8 Å². The number of β-amino-alcohol motifs (C(OH)–C–C–N with tert-alkyl or cyclic N) is 1. The van der Waals surface area contributed by atoms with Gasteiger partial charge in [-0.05, 0) is 43.4 Å². The number of benzene rings is 1. The van der Waals surface area contributed by atoms with Gasteiger partial charge in [0.05, 0.1) is 18.5 Å². The van der Waals surface area contributed by atoms with Gasteiger partial charge in [-0.25, -0.2) is 14.8 Å². The molecule has 2 amide bonds. The summed E-state index contributed by atoms with van der Waals surface area (Å²) in [4.78, 5) is 31.0. The van der Waals surface area contributed by atoms with Gasteiger partial charge in [0.15, 0.2) is 5.82 Å². The van der Waals surface area contributed by atoms with Gasteiger partial charge in [0, 0.05) is 62.3 Å². The van der Waals surface area contributed by atoms with E-state index in [1.807, 2.05) is 60.6 Å². The summed E-state index contributed by atoms with van der Waals surface area (Å²) in [5.41, 5.74) is 3.31. The Hall–Kier alpha value is -5.02. The maximum absolute atomic E-state index is 13.6. The maximum atomic E-state index is 13.6. The monoisotopic (exact) mass is 578 g/mol. The van der Waals surface area contributed by atoms with Crippen molar-refractivity contribution in [3.63, 3.8) is 0 Å². The normalized spacial score (nSPS) is 18.4. The Labute approximate surface area is 250 Å². The molecule has 43 heavy (non-hydrogen) atoms. The molecule has 2 aliphatic rings. The highest BCUT2D eigenvalue weighted by Gasteiger charge is 2.32. The molecular formula is C31H34N10O2. The molecule has 1 aliphatic carbocycles. The van der Waals surface area contributed by atoms with Gasteiger partial charge in [0.25, 0.3) is 0 Å². The van der Waals surface area contributed by atoms with Crippen LogP contribution in [0.4, 0.5) is 22.4 Å². The number of nitrogens with one attached hydrogen (secondary N) is 2. The smallest absolute Gasteiger partial charge is 0.323 e. The molecule has 220 valence electrons. The first-order valence-electron chi connectivity index (χ1n) is 14.5. The fourth-order valence-electron chi connectivity index (χ4n) is 5.64. The fourth-order valence-corrected chi connectivity index (χ4v) is 5.64. The fraction of sp³-hybridized carbons (Fsp3) is 0.355. The van der Waals surface area contributed by atoms with E-state index >= 15 is 0 Å². The zero-order valence-electron chi connectivity index (χ0n) is 24.0. The Morgan fingerprint density at radius 3 is 2.49 bits per heavy atom. The van der Waals surface area contributed by atoms with Gasteiger partial charge >= 0.3 is 6.03 Å². The molecule has 3 aromatic heterocycles. The second-order valence-electron chi connectivity index (χ2n) is 11.1. The summed E-state index contributed by atoms with van der Waals surface area (Å²) in [6, 6.07) is 15.8. The van der Waals surface area contributed by atoms with E-state index < -0.39 is 6.10 Å². The van der Waals surface area contributed by atoms with Crippen LogP contribution < -0.4 is 20.4 Å². The number of hydrogen-bond donors (Lipinski definition) is 3. The molecule has 0 unspecified atom stereocenters. The molecule has 1 saturated heterocycles. The van der Waals surface area contributed by atoms with Crippen LogP contribution in [0.5, 0.6) is 0 Å². The molecule has 1 aromatic carbocycles. The quantitative estimate of drug-likeness (QED) is 0.286. The number of aromatic nitrogens is 5. The standard InChI is InChI=1S/C31H34N10O2/c1-39-18-24(17-36-39)22-7-12-28(33-15-22)41(31(43)35-14-21-5-3-2-4-6-21)26-10-8-25(9-11-26)37-30-34-16-23(13-32)29(38-30)40-19-27(42)20-40/h2-7,12,15-18,25-27,42H,8-11,14,19-20H2,1H3,(H,35,43)(H,34,37,38)/t25-,26-. The molecule has 2 fully saturated rings. The molecule has 3 N–H and O–H groups in total. The minimum absolute atomic E-state index is 0.0365. The van der Waals surface area contributed by atoms with Crippen molar-refractivity contribution in [2.24, 2.45) is 7.05 Å². The van der Waals surface area contributed by atoms with E-state index in [-0.39, 0.29) is 18.1 Å². The second-order valence-corrected chi connectivity index (χ2v) is 11.1. The molecule has 4 heterocycles. The number of aliphatic hydroxyl groups is 1. The molecule has 0 bridgehead atoms. The van der Waals surface area contributed by atoms with Crippen molar-refractivity contribution >= 4 is 23.6 Å². The number of anilines is 3. The Morgan fingerprint density at radius 2 is 1.84 bits per heavy atom. The number of aliphatic hydroxyl groups excluding tert-OH is 1. The molecular weight excluding hydrogens is 544 g/mol. The zero-order valence-corrected chi connectivity index (χ0v) is 24.0. The van der Waals surface area contributed by atoms with Gasteiger partial charge < -0.3 is 20.6 Å². The largest absolute Gasteiger partial charge is 0.389 e. The van der Waals surface area contributed by atoms with Crippen molar-refractivity contribution in [3.8, 4) is 17.2 Å². The van der Waals surface area contributed by atoms with Gasteiger partial charge in [0.2, 0.25) is 5.95 Å². The zero-order chi connectivity index (χ0) is 29.8. The van der Waals surface area contributed by atoms with Crippen LogP contribution in [0.3, 0.4) is 0 Å². The molecule has 1 aliphatic heterocycles. The Bertz CT molecular complexity index is 1590. The van der Waals surface area contributed by atoms with Crippen molar-refractivity contribution in [1.29, 1.82) is 5.26 Å². The summed E-state index contributed by atoms with van der Waals surface area (Å²) in [6.45, 7) is 1.33. The van der Waals surface area contributed by atoms with Crippen molar-refractivity contribution < 1.29 is 9.90 Å². The first kappa shape index (κ1) is 28.1. The topological polar surface area (TPSA) is 148 Å². The lowest BCUT2D eigenvalue weighted by atomic mass is 9.90. The number of carbonyl (C=O) groups is 1. The summed E-state index contributed by atoms with van der Waals surface area (Å²) >= 11 is 0. The number of amides is 2. The predicted octanol–water partition coefficient (Wildman–Crippen LogP) is 3.46. The predicted molar refractivity (Wildman–Crippen MR) is 162 cm³/mol. The van der Waals surface area contributed by atoms with Gasteiger partial charge in [-0.3, -0.25) is 9.58 Å². The van der Waals surface area contributed by atoms with E-state index in [0.717, 1.165) is 42.4 Å². The lowest BCUT2D eigenvalue weighted by molar-refractivity contribution is 0.141. The van der Waals surface area contributed by atoms with E-state index in [0.29, 0.717) is 42.8 Å². The van der Waals surface area contributed by atoms with Crippen LogP contribution in [0.2, 0.25) is 0 Å². The third-order valence-corrected chi connectivity index (χ3v) is 7.98. The van der Waals surface area contributed by atoms with Gasteiger partial charge in [-0.2, -0.15) is 15.3 Å². The van der Waals surface area contributed by atoms with E-state index in [2.05, 4.69) is 31.8 Å². The van der Waals surface area contributed by atoms with Crippen molar-refractivity contribution in [2.75, 3.05) is 28.2 Å². The molecule has 6 rings (SSSR count). The molecule has 0 atom stereocenters. The average Bonchev–Trinajstić information content (AvgIpc) is 3.46. The maximum Gasteiger partial charge on any atom is 0.323 e. The lowest BCUT2D eigenvalue weighted by Gasteiger charge is -2.38. The second kappa shape index (κ2) is 12.5. The summed E-state index contributed by atoms with van der Waals surface area (Å²) < 4.78 is 1.75. The third-order valence-electron chi connectivity index (χ3n) is 7.98. The highest BCUT2D eigenvalue weighted by molar-refractivity contribution is 5.91. The number of hydrogen-bond acceptors (Lipinski definition) is 9. The van der Waals surface area contributed by atoms with Crippen LogP contribution in [0.25, 0.3) is 11.1 Å². The number of nitriles is 1. The molecule has 0 spiro atoms. The summed E-state index contributed by atoms with van der Waals surface area (Å²) in [5.74, 6) is 1.61. The molecule has 12 nitrogen and oxygen atoms in total. The number of nitrogens with zero attached hydrogens (tertiary/aromatic N) is 8. The third kappa shape index (κ3) is 6.42. The first-order chi connectivity index (χ1) is 21.0. The van der Waals surface area contributed by atoms with Crippen molar-refractivity contribution in [3.05, 3.63) is 78.4 Å². The van der Waals surface area contributed by atoms with Crippen LogP contribution in [-0.2, 0) is 13.6 Å². The minimum atomic E-state index is -0.401. The molecule has 12 heteroatoms. The molecule has 4 aromatic rings. The minimum Gasteiger partial charge on any atom is -0.389 e. The van der Waals surface area contributed by atoms with Gasteiger partial charge in [-0.1, -0.05) is 30.3 Å². The van der Waals surface area contributed by atoms with Crippen LogP contribution in [-0.4, -0.2) is 67.1 Å². The Balaban J connectivity index is 1.15. The Kier molecular flexibility index (Phi) is 8.15. The van der Waals surface area contributed by atoms with Crippen molar-refractivity contribution in [2.45, 2.75) is 50.4 Å². The first-order valence-corrected chi connectivity index (χ1v) is 14.5. The van der Waals surface area contributed by atoms with Crippen LogP contribution >= 0.6 is 0 Å². The summed E-state index contributed by atoms with van der Waals surface area (Å²) in [7, 11) is 1.87. The summed E-state index contributed by atoms with van der Waals surface area (Å²) in [5, 5.41) is 29.9. The van der Waals surface area contributed by atoms with E-state index in [1.165, 1.54) is 6.20 Å². The van der Waals surface area contributed by atoms with Crippen molar-refractivity contribution in [1.82, 2.24) is 30.0 Å². The number of urea groups is 1. The van der Waals surface area contributed by atoms with E-state index in [9.17, 15) is 15.2 Å². The molecule has 0 radical (unpaired) electrons. The van der Waals surface area contributed by atoms with Crippen LogP contribution in [0.15, 0.2) is 67.3 Å². The molecule has 1 saturated carbocycles. The van der Waals surface area contributed by atoms with E-state index in [4.69, 9.17) is 4.98 Å². The van der Waals surface area contributed by atoms with Gasteiger partial charge in [0.1, 0.15) is 17.5 Å².